The molecular weight excluding hydrogens is 449 g/mol. The van der Waals surface area contributed by atoms with Gasteiger partial charge in [0.2, 0.25) is 5.43 Å². The fourth-order valence-corrected chi connectivity index (χ4v) is 3.09. The molecule has 0 aliphatic carbocycles. The SMILES string of the molecule is Cc1[nH]c(C)c(-c2c[nH]c(C#Cc3ccc(C(F)(F)F)cc3)cc2=O)c(=O)c1Br. The molecule has 29 heavy (non-hydrogen) atoms. The molecule has 8 heteroatoms. The second-order valence-electron chi connectivity index (χ2n) is 6.34. The van der Waals surface area contributed by atoms with Crippen molar-refractivity contribution in [3.63, 3.8) is 0 Å². The molecule has 4 nitrogen and oxygen atoms in total. The van der Waals surface area contributed by atoms with E-state index in [1.165, 1.54) is 24.4 Å². The highest BCUT2D eigenvalue weighted by atomic mass is 79.9. The zero-order valence-corrected chi connectivity index (χ0v) is 16.9. The van der Waals surface area contributed by atoms with Crippen molar-refractivity contribution in [1.82, 2.24) is 9.97 Å². The van der Waals surface area contributed by atoms with E-state index in [9.17, 15) is 22.8 Å². The summed E-state index contributed by atoms with van der Waals surface area (Å²) >= 11 is 3.22. The highest BCUT2D eigenvalue weighted by Gasteiger charge is 2.29. The Bertz CT molecular complexity index is 1260. The maximum absolute atomic E-state index is 12.6. The number of nitrogens with one attached hydrogen (secondary N) is 2. The van der Waals surface area contributed by atoms with Crippen molar-refractivity contribution < 1.29 is 13.2 Å². The fourth-order valence-electron chi connectivity index (χ4n) is 2.79. The Labute approximate surface area is 171 Å². The van der Waals surface area contributed by atoms with Crippen molar-refractivity contribution in [3.05, 3.63) is 89.7 Å². The van der Waals surface area contributed by atoms with Crippen LogP contribution in [0.2, 0.25) is 0 Å². The predicted octanol–water partition coefficient (Wildman–Crippen LogP) is 4.53. The topological polar surface area (TPSA) is 65.7 Å². The number of rotatable bonds is 1. The van der Waals surface area contributed by atoms with E-state index in [-0.39, 0.29) is 22.2 Å². The van der Waals surface area contributed by atoms with Gasteiger partial charge in [-0.2, -0.15) is 13.2 Å². The molecule has 1 aromatic carbocycles. The lowest BCUT2D eigenvalue weighted by Crippen LogP contribution is -2.17. The number of aromatic nitrogens is 2. The van der Waals surface area contributed by atoms with Gasteiger partial charge in [0.25, 0.3) is 0 Å². The maximum Gasteiger partial charge on any atom is 0.416 e. The van der Waals surface area contributed by atoms with Crippen molar-refractivity contribution in [2.75, 3.05) is 0 Å². The molecule has 0 aliphatic rings. The minimum atomic E-state index is -4.41. The smallest absolute Gasteiger partial charge is 0.361 e. The zero-order valence-electron chi connectivity index (χ0n) is 15.3. The van der Waals surface area contributed by atoms with Crippen LogP contribution >= 0.6 is 15.9 Å². The van der Waals surface area contributed by atoms with E-state index in [1.54, 1.807) is 13.8 Å². The first-order valence-electron chi connectivity index (χ1n) is 8.39. The summed E-state index contributed by atoms with van der Waals surface area (Å²) in [4.78, 5) is 30.9. The molecule has 2 aromatic heterocycles. The fraction of sp³-hybridized carbons (Fsp3) is 0.143. The van der Waals surface area contributed by atoms with E-state index in [1.807, 2.05) is 0 Å². The van der Waals surface area contributed by atoms with Gasteiger partial charge in [-0.1, -0.05) is 5.92 Å². The monoisotopic (exact) mass is 462 g/mol. The van der Waals surface area contributed by atoms with Gasteiger partial charge in [-0.25, -0.2) is 0 Å². The number of aryl methyl sites for hydroxylation is 2. The van der Waals surface area contributed by atoms with Crippen molar-refractivity contribution >= 4 is 15.9 Å². The van der Waals surface area contributed by atoms with Crippen molar-refractivity contribution in [1.29, 1.82) is 0 Å². The Balaban J connectivity index is 1.95. The summed E-state index contributed by atoms with van der Waals surface area (Å²) in [5.41, 5.74) is 0.868. The summed E-state index contributed by atoms with van der Waals surface area (Å²) < 4.78 is 38.1. The Hall–Kier alpha value is -3.05. The summed E-state index contributed by atoms with van der Waals surface area (Å²) in [5.74, 6) is 5.41. The lowest BCUT2D eigenvalue weighted by molar-refractivity contribution is -0.137. The lowest BCUT2D eigenvalue weighted by atomic mass is 10.0. The average Bonchev–Trinajstić information content (AvgIpc) is 2.65. The number of alkyl halides is 3. The summed E-state index contributed by atoms with van der Waals surface area (Å²) in [7, 11) is 0. The van der Waals surface area contributed by atoms with Gasteiger partial charge in [0.1, 0.15) is 0 Å². The van der Waals surface area contributed by atoms with E-state index >= 15 is 0 Å². The van der Waals surface area contributed by atoms with Crippen LogP contribution in [-0.2, 0) is 6.18 Å². The number of aromatic amines is 2. The molecule has 0 fully saturated rings. The molecule has 0 unspecified atom stereocenters. The van der Waals surface area contributed by atoms with Crippen LogP contribution in [0.3, 0.4) is 0 Å². The molecule has 0 saturated carbocycles. The third-order valence-electron chi connectivity index (χ3n) is 4.24. The minimum absolute atomic E-state index is 0.199. The van der Waals surface area contributed by atoms with Crippen molar-refractivity contribution in [3.8, 4) is 23.0 Å². The molecule has 0 aliphatic heterocycles. The molecule has 0 bridgehead atoms. The standard InChI is InChI=1S/C21H14BrF3N2O2/c1-11-18(20(29)19(22)12(2)27-11)16-10-26-15(9-17(16)28)8-5-13-3-6-14(7-4-13)21(23,24)25/h3-4,6-7,9-10H,1-2H3,(H,26,28)(H,27,29). The van der Waals surface area contributed by atoms with E-state index in [0.29, 0.717) is 21.4 Å². The van der Waals surface area contributed by atoms with Crippen LogP contribution in [0.25, 0.3) is 11.1 Å². The average molecular weight is 463 g/mol. The Kier molecular flexibility index (Phi) is 5.53. The molecule has 3 aromatic rings. The van der Waals surface area contributed by atoms with Gasteiger partial charge in [0.15, 0.2) is 5.43 Å². The lowest BCUT2D eigenvalue weighted by Gasteiger charge is -2.08. The molecule has 2 heterocycles. The Morgan fingerprint density at radius 1 is 1.00 bits per heavy atom. The third kappa shape index (κ3) is 4.35. The van der Waals surface area contributed by atoms with Gasteiger partial charge >= 0.3 is 6.18 Å². The number of pyridine rings is 2. The van der Waals surface area contributed by atoms with Crippen LogP contribution < -0.4 is 10.9 Å². The van der Waals surface area contributed by atoms with Crippen LogP contribution in [0.5, 0.6) is 0 Å². The largest absolute Gasteiger partial charge is 0.416 e. The normalized spacial score (nSPS) is 11.1. The number of hydrogen-bond acceptors (Lipinski definition) is 2. The number of hydrogen-bond donors (Lipinski definition) is 2. The van der Waals surface area contributed by atoms with Gasteiger partial charge in [-0.3, -0.25) is 9.59 Å². The van der Waals surface area contributed by atoms with Gasteiger partial charge < -0.3 is 9.97 Å². The minimum Gasteiger partial charge on any atom is -0.361 e. The molecule has 0 saturated heterocycles. The second-order valence-corrected chi connectivity index (χ2v) is 7.14. The highest BCUT2D eigenvalue weighted by Crippen LogP contribution is 2.29. The van der Waals surface area contributed by atoms with E-state index in [4.69, 9.17) is 0 Å². The summed E-state index contributed by atoms with van der Waals surface area (Å²) in [6.07, 6.45) is -3.01. The first kappa shape index (κ1) is 20.7. The molecule has 148 valence electrons. The van der Waals surface area contributed by atoms with Crippen molar-refractivity contribution in [2.45, 2.75) is 20.0 Å². The van der Waals surface area contributed by atoms with E-state index in [2.05, 4.69) is 37.7 Å². The Morgan fingerprint density at radius 3 is 2.24 bits per heavy atom. The molecule has 0 atom stereocenters. The molecule has 3 rings (SSSR count). The summed E-state index contributed by atoms with van der Waals surface area (Å²) in [6.45, 7) is 3.44. The first-order valence-corrected chi connectivity index (χ1v) is 9.18. The van der Waals surface area contributed by atoms with Gasteiger partial charge in [-0.15, -0.1) is 0 Å². The van der Waals surface area contributed by atoms with Crippen LogP contribution in [0.1, 0.15) is 28.2 Å². The number of H-pyrrole nitrogens is 2. The van der Waals surface area contributed by atoms with Crippen LogP contribution in [0.4, 0.5) is 13.2 Å². The zero-order chi connectivity index (χ0) is 21.3. The summed E-state index contributed by atoms with van der Waals surface area (Å²) in [6, 6.07) is 5.66. The van der Waals surface area contributed by atoms with Crippen LogP contribution in [0.15, 0.2) is 50.6 Å². The highest BCUT2D eigenvalue weighted by molar-refractivity contribution is 9.10. The molecule has 0 radical (unpaired) electrons. The third-order valence-corrected chi connectivity index (χ3v) is 5.20. The Morgan fingerprint density at radius 2 is 1.66 bits per heavy atom. The molecular formula is C21H14BrF3N2O2. The molecule has 0 amide bonds. The summed E-state index contributed by atoms with van der Waals surface area (Å²) in [5, 5.41) is 0. The molecule has 0 spiro atoms. The molecule has 2 N–H and O–H groups in total. The van der Waals surface area contributed by atoms with Gasteiger partial charge in [0.05, 0.1) is 26.9 Å². The van der Waals surface area contributed by atoms with Crippen LogP contribution in [0, 0.1) is 25.7 Å². The number of halogens is 4. The van der Waals surface area contributed by atoms with E-state index < -0.39 is 17.2 Å². The number of benzene rings is 1. The quantitative estimate of drug-likeness (QED) is 0.521. The second kappa shape index (κ2) is 7.76. The van der Waals surface area contributed by atoms with Gasteiger partial charge in [0, 0.05) is 29.2 Å². The maximum atomic E-state index is 12.6. The predicted molar refractivity (Wildman–Crippen MR) is 108 cm³/mol. The van der Waals surface area contributed by atoms with Gasteiger partial charge in [-0.05, 0) is 60.0 Å². The first-order chi connectivity index (χ1) is 13.6. The van der Waals surface area contributed by atoms with E-state index in [0.717, 1.165) is 12.1 Å². The van der Waals surface area contributed by atoms with Crippen LogP contribution in [-0.4, -0.2) is 9.97 Å². The van der Waals surface area contributed by atoms with Crippen molar-refractivity contribution in [2.24, 2.45) is 0 Å².